The van der Waals surface area contributed by atoms with Gasteiger partial charge in [0, 0.05) is 12.6 Å². The van der Waals surface area contributed by atoms with Gasteiger partial charge in [0.05, 0.1) is 6.54 Å². The summed E-state index contributed by atoms with van der Waals surface area (Å²) in [5.41, 5.74) is 1.35. The molecule has 1 unspecified atom stereocenters. The van der Waals surface area contributed by atoms with Gasteiger partial charge in [-0.3, -0.25) is 0 Å². The molecule has 108 valence electrons. The minimum atomic E-state index is 0.387. The molecule has 0 aliphatic heterocycles. The molecule has 0 fully saturated rings. The monoisotopic (exact) mass is 272 g/mol. The van der Waals surface area contributed by atoms with Crippen LogP contribution >= 0.6 is 0 Å². The Balaban J connectivity index is 2.01. The van der Waals surface area contributed by atoms with Gasteiger partial charge in [0.25, 0.3) is 0 Å². The first-order valence-corrected chi connectivity index (χ1v) is 7.50. The second-order valence-corrected chi connectivity index (χ2v) is 5.02. The molecule has 20 heavy (non-hydrogen) atoms. The van der Waals surface area contributed by atoms with E-state index in [1.165, 1.54) is 18.4 Å². The zero-order chi connectivity index (χ0) is 14.2. The van der Waals surface area contributed by atoms with Crippen molar-refractivity contribution in [3.8, 4) is 0 Å². The molecule has 4 heteroatoms. The van der Waals surface area contributed by atoms with Gasteiger partial charge in [0.2, 0.25) is 0 Å². The molecule has 1 aromatic carbocycles. The van der Waals surface area contributed by atoms with Crippen molar-refractivity contribution in [1.29, 1.82) is 0 Å². The van der Waals surface area contributed by atoms with Gasteiger partial charge in [-0.25, -0.2) is 0 Å². The molecule has 0 aliphatic carbocycles. The fourth-order valence-corrected chi connectivity index (χ4v) is 2.37. The van der Waals surface area contributed by atoms with Gasteiger partial charge < -0.3 is 9.88 Å². The predicted octanol–water partition coefficient (Wildman–Crippen LogP) is 3.32. The summed E-state index contributed by atoms with van der Waals surface area (Å²) in [7, 11) is 0. The van der Waals surface area contributed by atoms with Gasteiger partial charge in [-0.15, -0.1) is 10.2 Å². The minimum Gasteiger partial charge on any atom is -0.317 e. The molecule has 2 rings (SSSR count). The van der Waals surface area contributed by atoms with Gasteiger partial charge in [-0.05, 0) is 18.9 Å². The smallest absolute Gasteiger partial charge is 0.146 e. The number of rotatable bonds is 8. The highest BCUT2D eigenvalue weighted by Crippen LogP contribution is 2.19. The number of hydrogen-bond donors (Lipinski definition) is 1. The van der Waals surface area contributed by atoms with Crippen LogP contribution < -0.4 is 5.32 Å². The molecule has 0 radical (unpaired) electrons. The van der Waals surface area contributed by atoms with Crippen LogP contribution in [0.2, 0.25) is 0 Å². The van der Waals surface area contributed by atoms with Crippen LogP contribution in [0.3, 0.4) is 0 Å². The van der Waals surface area contributed by atoms with Gasteiger partial charge >= 0.3 is 0 Å². The van der Waals surface area contributed by atoms with E-state index >= 15 is 0 Å². The molecule has 0 saturated carbocycles. The van der Waals surface area contributed by atoms with Gasteiger partial charge in [-0.2, -0.15) is 0 Å². The number of nitrogens with zero attached hydrogens (tertiary/aromatic N) is 3. The summed E-state index contributed by atoms with van der Waals surface area (Å²) in [5, 5.41) is 11.8. The first-order chi connectivity index (χ1) is 9.85. The fraction of sp³-hybridized carbons (Fsp3) is 0.500. The Morgan fingerprint density at radius 1 is 1.20 bits per heavy atom. The lowest BCUT2D eigenvalue weighted by atomic mass is 10.0. The third-order valence-electron chi connectivity index (χ3n) is 3.59. The fourth-order valence-electron chi connectivity index (χ4n) is 2.37. The molecule has 0 bridgehead atoms. The van der Waals surface area contributed by atoms with Crippen molar-refractivity contribution in [3.63, 3.8) is 0 Å². The molecule has 1 N–H and O–H groups in total. The second kappa shape index (κ2) is 7.80. The van der Waals surface area contributed by atoms with Crippen molar-refractivity contribution in [2.75, 3.05) is 0 Å². The first-order valence-electron chi connectivity index (χ1n) is 7.50. The van der Waals surface area contributed by atoms with Crippen LogP contribution in [0.25, 0.3) is 0 Å². The van der Waals surface area contributed by atoms with Crippen molar-refractivity contribution < 1.29 is 0 Å². The molecule has 4 nitrogen and oxygen atoms in total. The summed E-state index contributed by atoms with van der Waals surface area (Å²) in [4.78, 5) is 0. The van der Waals surface area contributed by atoms with E-state index in [1.807, 2.05) is 0 Å². The summed E-state index contributed by atoms with van der Waals surface area (Å²) in [6.45, 7) is 6.01. The Labute approximate surface area is 121 Å². The molecule has 0 amide bonds. The topological polar surface area (TPSA) is 42.7 Å². The quantitative estimate of drug-likeness (QED) is 0.801. The van der Waals surface area contributed by atoms with E-state index in [1.54, 1.807) is 6.33 Å². The lowest BCUT2D eigenvalue weighted by Gasteiger charge is -2.19. The second-order valence-electron chi connectivity index (χ2n) is 5.02. The molecule has 2 aromatic rings. The summed E-state index contributed by atoms with van der Waals surface area (Å²) >= 11 is 0. The maximum atomic E-state index is 4.18. The summed E-state index contributed by atoms with van der Waals surface area (Å²) < 4.78 is 2.08. The molecule has 0 aliphatic rings. The Morgan fingerprint density at radius 2 is 2.00 bits per heavy atom. The van der Waals surface area contributed by atoms with Crippen LogP contribution in [0.15, 0.2) is 36.7 Å². The summed E-state index contributed by atoms with van der Waals surface area (Å²) in [6.07, 6.45) is 5.39. The molecule has 1 aromatic heterocycles. The Kier molecular flexibility index (Phi) is 5.74. The van der Waals surface area contributed by atoms with E-state index in [0.717, 1.165) is 25.3 Å². The molecule has 1 heterocycles. The summed E-state index contributed by atoms with van der Waals surface area (Å²) in [5.74, 6) is 1.00. The molecule has 0 spiro atoms. The number of aryl methyl sites for hydroxylation is 1. The van der Waals surface area contributed by atoms with Crippen LogP contribution in [-0.4, -0.2) is 14.8 Å². The number of hydrogen-bond acceptors (Lipinski definition) is 3. The normalized spacial score (nSPS) is 12.5. The molecule has 0 saturated heterocycles. The van der Waals surface area contributed by atoms with Crippen LogP contribution in [0.4, 0.5) is 0 Å². The average molecular weight is 272 g/mol. The SMILES string of the molecule is CCCCC(NCc1nncn1CC)c1ccccc1. The highest BCUT2D eigenvalue weighted by atomic mass is 15.3. The lowest BCUT2D eigenvalue weighted by molar-refractivity contribution is 0.465. The van der Waals surface area contributed by atoms with Crippen LogP contribution in [0.1, 0.15) is 50.5 Å². The first kappa shape index (κ1) is 14.7. The van der Waals surface area contributed by atoms with Crippen molar-refractivity contribution in [1.82, 2.24) is 20.1 Å². The van der Waals surface area contributed by atoms with Crippen molar-refractivity contribution in [3.05, 3.63) is 48.0 Å². The van der Waals surface area contributed by atoms with Gasteiger partial charge in [0.1, 0.15) is 12.2 Å². The largest absolute Gasteiger partial charge is 0.317 e. The maximum absolute atomic E-state index is 4.18. The van der Waals surface area contributed by atoms with E-state index in [-0.39, 0.29) is 0 Å². The third kappa shape index (κ3) is 3.90. The number of unbranched alkanes of at least 4 members (excludes halogenated alkanes) is 1. The van der Waals surface area contributed by atoms with E-state index < -0.39 is 0 Å². The van der Waals surface area contributed by atoms with Crippen LogP contribution in [0.5, 0.6) is 0 Å². The summed E-state index contributed by atoms with van der Waals surface area (Å²) in [6, 6.07) is 11.0. The number of nitrogens with one attached hydrogen (secondary N) is 1. The number of aromatic nitrogens is 3. The van der Waals surface area contributed by atoms with Crippen LogP contribution in [-0.2, 0) is 13.1 Å². The Morgan fingerprint density at radius 3 is 2.70 bits per heavy atom. The average Bonchev–Trinajstić information content (AvgIpc) is 2.96. The maximum Gasteiger partial charge on any atom is 0.146 e. The molecular weight excluding hydrogens is 248 g/mol. The lowest BCUT2D eigenvalue weighted by Crippen LogP contribution is -2.23. The Hall–Kier alpha value is -1.68. The van der Waals surface area contributed by atoms with E-state index in [9.17, 15) is 0 Å². The molecule has 1 atom stereocenters. The van der Waals surface area contributed by atoms with Gasteiger partial charge in [-0.1, -0.05) is 50.1 Å². The van der Waals surface area contributed by atoms with Crippen molar-refractivity contribution in [2.45, 2.75) is 52.2 Å². The standard InChI is InChI=1S/C16H24N4/c1-3-5-11-15(14-9-7-6-8-10-14)17-12-16-19-18-13-20(16)4-2/h6-10,13,15,17H,3-5,11-12H2,1-2H3. The zero-order valence-corrected chi connectivity index (χ0v) is 12.4. The van der Waals surface area contributed by atoms with Crippen LogP contribution in [0, 0.1) is 0 Å². The highest BCUT2D eigenvalue weighted by Gasteiger charge is 2.11. The zero-order valence-electron chi connectivity index (χ0n) is 12.4. The Bertz CT molecular complexity index is 492. The van der Waals surface area contributed by atoms with E-state index in [4.69, 9.17) is 0 Å². The third-order valence-corrected chi connectivity index (χ3v) is 3.59. The van der Waals surface area contributed by atoms with Crippen molar-refractivity contribution >= 4 is 0 Å². The highest BCUT2D eigenvalue weighted by molar-refractivity contribution is 5.18. The minimum absolute atomic E-state index is 0.387. The van der Waals surface area contributed by atoms with Gasteiger partial charge in [0.15, 0.2) is 0 Å². The van der Waals surface area contributed by atoms with Crippen molar-refractivity contribution in [2.24, 2.45) is 0 Å². The van der Waals surface area contributed by atoms with E-state index in [2.05, 4.69) is 64.3 Å². The molecular formula is C16H24N4. The van der Waals surface area contributed by atoms with E-state index in [0.29, 0.717) is 6.04 Å². The predicted molar refractivity (Wildman–Crippen MR) is 81.2 cm³/mol. The number of benzene rings is 1.